The van der Waals surface area contributed by atoms with Crippen LogP contribution in [0.2, 0.25) is 0 Å². The van der Waals surface area contributed by atoms with Crippen LogP contribution >= 0.6 is 0 Å². The molecule has 0 saturated carbocycles. The molecule has 166 valence electrons. The zero-order chi connectivity index (χ0) is 22.8. The molecular weight excluding hydrogens is 412 g/mol. The molecule has 8 nitrogen and oxygen atoms in total. The monoisotopic (exact) mass is 436 g/mol. The summed E-state index contributed by atoms with van der Waals surface area (Å²) in [4.78, 5) is 38.9. The number of anilines is 1. The Hall–Kier alpha value is -3.68. The number of nitro benzene ring substituents is 1. The highest BCUT2D eigenvalue weighted by Crippen LogP contribution is 2.45. The van der Waals surface area contributed by atoms with E-state index in [4.69, 9.17) is 9.47 Å². The first kappa shape index (κ1) is 21.5. The molecule has 2 aliphatic rings. The van der Waals surface area contributed by atoms with Gasteiger partial charge in [-0.25, -0.2) is 0 Å². The Morgan fingerprint density at radius 2 is 1.81 bits per heavy atom. The molecule has 1 heterocycles. The quantitative estimate of drug-likeness (QED) is 0.487. The van der Waals surface area contributed by atoms with Crippen molar-refractivity contribution in [3.8, 4) is 11.5 Å². The topological polar surface area (TPSA) is 99.0 Å². The van der Waals surface area contributed by atoms with Gasteiger partial charge < -0.3 is 9.47 Å². The number of rotatable bonds is 6. The summed E-state index contributed by atoms with van der Waals surface area (Å²) in [5.74, 6) is 0.378. The highest BCUT2D eigenvalue weighted by atomic mass is 16.6. The second-order valence-electron chi connectivity index (χ2n) is 7.74. The molecule has 1 amide bonds. The standard InChI is InChI=1S/C24H24N2O6/c1-3-32-16-9-7-15(8-10-16)18-14-23(28)25(20-5-4-6-22(27)24(18)20)19-12-11-17(31-2)13-21(19)26(29)30/h7-13,18H,3-6,14H2,1-2H3. The Morgan fingerprint density at radius 3 is 2.47 bits per heavy atom. The van der Waals surface area contributed by atoms with Crippen LogP contribution in [0, 0.1) is 10.1 Å². The van der Waals surface area contributed by atoms with Gasteiger partial charge in [-0.1, -0.05) is 12.1 Å². The third kappa shape index (κ3) is 3.84. The number of ether oxygens (including phenoxy) is 2. The Morgan fingerprint density at radius 1 is 1.09 bits per heavy atom. The Labute approximate surface area is 185 Å². The van der Waals surface area contributed by atoms with E-state index in [1.54, 1.807) is 6.07 Å². The fourth-order valence-electron chi connectivity index (χ4n) is 4.49. The van der Waals surface area contributed by atoms with E-state index in [1.807, 2.05) is 31.2 Å². The number of benzene rings is 2. The number of hydrogen-bond acceptors (Lipinski definition) is 6. The van der Waals surface area contributed by atoms with Crippen LogP contribution in [0.5, 0.6) is 11.5 Å². The predicted octanol–water partition coefficient (Wildman–Crippen LogP) is 4.53. The molecule has 4 rings (SSSR count). The van der Waals surface area contributed by atoms with E-state index >= 15 is 0 Å². The summed E-state index contributed by atoms with van der Waals surface area (Å²) < 4.78 is 10.6. The molecule has 0 fully saturated rings. The van der Waals surface area contributed by atoms with E-state index in [0.29, 0.717) is 42.9 Å². The molecule has 1 aliphatic carbocycles. The first-order valence-electron chi connectivity index (χ1n) is 10.6. The Balaban J connectivity index is 1.83. The molecule has 0 saturated heterocycles. The number of carbonyl (C=O) groups is 2. The van der Waals surface area contributed by atoms with Gasteiger partial charge in [-0.2, -0.15) is 0 Å². The van der Waals surface area contributed by atoms with Crippen LogP contribution in [0.3, 0.4) is 0 Å². The molecule has 32 heavy (non-hydrogen) atoms. The van der Waals surface area contributed by atoms with Gasteiger partial charge in [0.15, 0.2) is 5.78 Å². The summed E-state index contributed by atoms with van der Waals surface area (Å²) in [6.07, 6.45) is 1.56. The smallest absolute Gasteiger partial charge is 0.297 e. The fourth-order valence-corrected chi connectivity index (χ4v) is 4.49. The van der Waals surface area contributed by atoms with Crippen LogP contribution in [0.1, 0.15) is 44.1 Å². The Kier molecular flexibility index (Phi) is 5.94. The number of hydrogen-bond donors (Lipinski definition) is 0. The third-order valence-corrected chi connectivity index (χ3v) is 5.89. The molecule has 0 aromatic heterocycles. The minimum absolute atomic E-state index is 0.0150. The van der Waals surface area contributed by atoms with Crippen molar-refractivity contribution in [3.05, 3.63) is 69.4 Å². The normalized spacial score (nSPS) is 18.4. The number of nitro groups is 1. The number of carbonyl (C=O) groups excluding carboxylic acids is 2. The fraction of sp³-hybridized carbons (Fsp3) is 0.333. The number of methoxy groups -OCH3 is 1. The summed E-state index contributed by atoms with van der Waals surface area (Å²) in [5, 5.41) is 11.8. The first-order valence-corrected chi connectivity index (χ1v) is 10.6. The molecule has 2 aromatic carbocycles. The summed E-state index contributed by atoms with van der Waals surface area (Å²) in [6, 6.07) is 11.8. The second kappa shape index (κ2) is 8.82. The number of ketones is 1. The van der Waals surface area contributed by atoms with Gasteiger partial charge >= 0.3 is 0 Å². The predicted molar refractivity (Wildman–Crippen MR) is 118 cm³/mol. The third-order valence-electron chi connectivity index (χ3n) is 5.89. The number of amides is 1. The SMILES string of the molecule is CCOc1ccc(C2CC(=O)N(c3ccc(OC)cc3[N+](=O)[O-])C3=C2C(=O)CCC3)cc1. The van der Waals surface area contributed by atoms with Gasteiger partial charge in [0.25, 0.3) is 5.69 Å². The van der Waals surface area contributed by atoms with Crippen LogP contribution in [0.25, 0.3) is 0 Å². The molecule has 0 spiro atoms. The number of Topliss-reactive ketones (excluding diaryl/α,β-unsaturated/α-hetero) is 1. The van der Waals surface area contributed by atoms with Gasteiger partial charge in [0.1, 0.15) is 17.2 Å². The van der Waals surface area contributed by atoms with E-state index in [0.717, 1.165) is 11.3 Å². The van der Waals surface area contributed by atoms with Crippen LogP contribution in [-0.2, 0) is 9.59 Å². The molecule has 2 aromatic rings. The van der Waals surface area contributed by atoms with Crippen LogP contribution in [0.15, 0.2) is 53.7 Å². The zero-order valence-electron chi connectivity index (χ0n) is 18.0. The summed E-state index contributed by atoms with van der Waals surface area (Å²) in [6.45, 7) is 2.45. The lowest BCUT2D eigenvalue weighted by Crippen LogP contribution is -2.40. The van der Waals surface area contributed by atoms with Crippen molar-refractivity contribution in [3.63, 3.8) is 0 Å². The van der Waals surface area contributed by atoms with E-state index in [9.17, 15) is 19.7 Å². The van der Waals surface area contributed by atoms with Crippen LogP contribution in [0.4, 0.5) is 11.4 Å². The second-order valence-corrected chi connectivity index (χ2v) is 7.74. The molecule has 0 N–H and O–H groups in total. The molecule has 0 bridgehead atoms. The lowest BCUT2D eigenvalue weighted by atomic mass is 9.77. The maximum atomic E-state index is 13.3. The van der Waals surface area contributed by atoms with Crippen LogP contribution < -0.4 is 14.4 Å². The first-order chi connectivity index (χ1) is 15.4. The van der Waals surface area contributed by atoms with Crippen LogP contribution in [-0.4, -0.2) is 30.3 Å². The zero-order valence-corrected chi connectivity index (χ0v) is 18.0. The Bertz CT molecular complexity index is 1110. The van der Waals surface area contributed by atoms with Crippen molar-refractivity contribution in [1.82, 2.24) is 0 Å². The molecule has 8 heteroatoms. The van der Waals surface area contributed by atoms with Crippen molar-refractivity contribution in [2.75, 3.05) is 18.6 Å². The van der Waals surface area contributed by atoms with Crippen molar-refractivity contribution < 1.29 is 24.0 Å². The molecule has 1 aliphatic heterocycles. The lowest BCUT2D eigenvalue weighted by molar-refractivity contribution is -0.384. The van der Waals surface area contributed by atoms with Gasteiger partial charge in [0, 0.05) is 30.0 Å². The van der Waals surface area contributed by atoms with Crippen molar-refractivity contribution in [2.24, 2.45) is 0 Å². The molecular formula is C24H24N2O6. The van der Waals surface area contributed by atoms with Gasteiger partial charge in [0.05, 0.1) is 24.7 Å². The summed E-state index contributed by atoms with van der Waals surface area (Å²) >= 11 is 0. The largest absolute Gasteiger partial charge is 0.496 e. The molecule has 1 unspecified atom stereocenters. The van der Waals surface area contributed by atoms with Gasteiger partial charge in [-0.05, 0) is 49.6 Å². The average molecular weight is 436 g/mol. The van der Waals surface area contributed by atoms with E-state index in [1.165, 1.54) is 24.1 Å². The molecule has 0 radical (unpaired) electrons. The van der Waals surface area contributed by atoms with Crippen molar-refractivity contribution in [2.45, 2.75) is 38.5 Å². The maximum absolute atomic E-state index is 13.3. The maximum Gasteiger partial charge on any atom is 0.297 e. The van der Waals surface area contributed by atoms with E-state index < -0.39 is 4.92 Å². The highest BCUT2D eigenvalue weighted by molar-refractivity contribution is 6.08. The van der Waals surface area contributed by atoms with E-state index in [2.05, 4.69) is 0 Å². The van der Waals surface area contributed by atoms with Crippen molar-refractivity contribution >= 4 is 23.1 Å². The number of nitrogens with zero attached hydrogens (tertiary/aromatic N) is 2. The summed E-state index contributed by atoms with van der Waals surface area (Å²) in [5.41, 5.74) is 1.92. The molecule has 1 atom stereocenters. The van der Waals surface area contributed by atoms with Gasteiger partial charge in [-0.3, -0.25) is 24.6 Å². The summed E-state index contributed by atoms with van der Waals surface area (Å²) in [7, 11) is 1.42. The minimum Gasteiger partial charge on any atom is -0.496 e. The van der Waals surface area contributed by atoms with E-state index in [-0.39, 0.29) is 35.4 Å². The minimum atomic E-state index is -0.533. The lowest BCUT2D eigenvalue weighted by Gasteiger charge is -2.38. The number of allylic oxidation sites excluding steroid dienone is 2. The van der Waals surface area contributed by atoms with Gasteiger partial charge in [-0.15, -0.1) is 0 Å². The average Bonchev–Trinajstić information content (AvgIpc) is 2.79. The van der Waals surface area contributed by atoms with Crippen molar-refractivity contribution in [1.29, 1.82) is 0 Å². The van der Waals surface area contributed by atoms with Gasteiger partial charge in [0.2, 0.25) is 5.91 Å². The highest BCUT2D eigenvalue weighted by Gasteiger charge is 2.41.